The second-order valence-corrected chi connectivity index (χ2v) is 14.4. The van der Waals surface area contributed by atoms with Crippen molar-refractivity contribution in [2.24, 2.45) is 20.5 Å². The van der Waals surface area contributed by atoms with Crippen molar-refractivity contribution < 1.29 is 41.3 Å². The van der Waals surface area contributed by atoms with Gasteiger partial charge in [0.05, 0.1) is 38.5 Å². The monoisotopic (exact) mass is 685 g/mol. The minimum Gasteiger partial charge on any atom is -0.506 e. The van der Waals surface area contributed by atoms with Crippen LogP contribution in [0.15, 0.2) is 78.8 Å². The summed E-state index contributed by atoms with van der Waals surface area (Å²) >= 11 is 0. The van der Waals surface area contributed by atoms with E-state index in [1.165, 1.54) is 59.4 Å². The number of azo groups is 2. The molecule has 16 heteroatoms. The number of benzene rings is 4. The van der Waals surface area contributed by atoms with E-state index in [1.54, 1.807) is 18.2 Å². The summed E-state index contributed by atoms with van der Waals surface area (Å²) < 4.78 is 66.0. The van der Waals surface area contributed by atoms with E-state index < -0.39 is 25.4 Å². The van der Waals surface area contributed by atoms with E-state index in [2.05, 4.69) is 25.8 Å². The zero-order chi connectivity index (χ0) is 34.5. The lowest BCUT2D eigenvalue weighted by atomic mass is 10.1. The fourth-order valence-electron chi connectivity index (χ4n) is 4.60. The average molecular weight is 686 g/mol. The van der Waals surface area contributed by atoms with Crippen LogP contribution in [0.4, 0.5) is 28.4 Å². The first-order valence-corrected chi connectivity index (χ1v) is 17.6. The Balaban J connectivity index is 1.80. The molecule has 250 valence electrons. The van der Waals surface area contributed by atoms with Crippen LogP contribution in [0, 0.1) is 0 Å². The topological polar surface area (TPSA) is 198 Å². The Morgan fingerprint density at radius 2 is 1.17 bits per heavy atom. The molecule has 0 amide bonds. The molecule has 0 saturated carbocycles. The van der Waals surface area contributed by atoms with Gasteiger partial charge < -0.3 is 29.7 Å². The Bertz CT molecular complexity index is 2100. The van der Waals surface area contributed by atoms with Crippen LogP contribution in [0.1, 0.15) is 20.8 Å². The highest BCUT2D eigenvalue weighted by Crippen LogP contribution is 2.45. The maximum absolute atomic E-state index is 12.6. The zero-order valence-corrected chi connectivity index (χ0v) is 28.2. The average Bonchev–Trinajstić information content (AvgIpc) is 3.07. The first-order chi connectivity index (χ1) is 22.3. The Kier molecular flexibility index (Phi) is 10.6. The van der Waals surface area contributed by atoms with E-state index in [1.807, 2.05) is 6.92 Å². The van der Waals surface area contributed by atoms with E-state index in [-0.39, 0.29) is 61.4 Å². The van der Waals surface area contributed by atoms with Gasteiger partial charge in [-0.2, -0.15) is 0 Å². The quantitative estimate of drug-likeness (QED) is 0.122. The Hall–Kier alpha value is -4.96. The number of rotatable bonds is 13. The maximum Gasteiger partial charge on any atom is 0.181 e. The number of sulfone groups is 2. The van der Waals surface area contributed by atoms with Crippen LogP contribution in [0.5, 0.6) is 28.7 Å². The fraction of sp³-hybridized carbons (Fsp3) is 0.290. The summed E-state index contributed by atoms with van der Waals surface area (Å²) in [5.74, 6) is -0.762. The van der Waals surface area contributed by atoms with Crippen molar-refractivity contribution in [1.82, 2.24) is 0 Å². The smallest absolute Gasteiger partial charge is 0.181 e. The molecule has 0 atom stereocenters. The van der Waals surface area contributed by atoms with Gasteiger partial charge in [0.1, 0.15) is 55.5 Å². The number of phenols is 2. The van der Waals surface area contributed by atoms with E-state index in [9.17, 15) is 27.0 Å². The van der Waals surface area contributed by atoms with Crippen LogP contribution in [-0.4, -0.2) is 66.4 Å². The first kappa shape index (κ1) is 34.9. The summed E-state index contributed by atoms with van der Waals surface area (Å²) in [4.78, 5) is -0.208. The van der Waals surface area contributed by atoms with Gasteiger partial charge in [0, 0.05) is 41.6 Å². The third-order valence-corrected chi connectivity index (χ3v) is 10.7. The van der Waals surface area contributed by atoms with Crippen molar-refractivity contribution in [3.63, 3.8) is 0 Å². The van der Waals surface area contributed by atoms with Gasteiger partial charge in [-0.25, -0.2) is 16.8 Å². The summed E-state index contributed by atoms with van der Waals surface area (Å²) in [7, 11) is -3.27. The van der Waals surface area contributed by atoms with Gasteiger partial charge in [-0.05, 0) is 31.2 Å². The van der Waals surface area contributed by atoms with Gasteiger partial charge in [-0.1, -0.05) is 13.8 Å². The van der Waals surface area contributed by atoms with Crippen LogP contribution in [0.2, 0.25) is 0 Å². The van der Waals surface area contributed by atoms with Crippen LogP contribution >= 0.6 is 0 Å². The molecule has 0 bridgehead atoms. The molecule has 0 unspecified atom stereocenters. The Morgan fingerprint density at radius 1 is 0.638 bits per heavy atom. The molecule has 0 radical (unpaired) electrons. The predicted octanol–water partition coefficient (Wildman–Crippen LogP) is 7.13. The van der Waals surface area contributed by atoms with Gasteiger partial charge in [0.25, 0.3) is 0 Å². The summed E-state index contributed by atoms with van der Waals surface area (Å²) in [6.45, 7) is 5.46. The van der Waals surface area contributed by atoms with Gasteiger partial charge in [0.15, 0.2) is 25.4 Å². The van der Waals surface area contributed by atoms with Gasteiger partial charge in [-0.15, -0.1) is 20.5 Å². The van der Waals surface area contributed by atoms with Crippen molar-refractivity contribution >= 4 is 58.9 Å². The van der Waals surface area contributed by atoms with Gasteiger partial charge in [0.2, 0.25) is 0 Å². The summed E-state index contributed by atoms with van der Waals surface area (Å²) in [6, 6.07) is 11.6. The van der Waals surface area contributed by atoms with Crippen molar-refractivity contribution in [2.45, 2.75) is 30.6 Å². The molecule has 47 heavy (non-hydrogen) atoms. The minimum absolute atomic E-state index is 0.0110. The molecule has 0 heterocycles. The third kappa shape index (κ3) is 7.07. The second kappa shape index (κ2) is 14.2. The number of ether oxygens (including phenoxy) is 3. The molecule has 0 aliphatic carbocycles. The van der Waals surface area contributed by atoms with Gasteiger partial charge in [-0.3, -0.25) is 0 Å². The Labute approximate surface area is 272 Å². The first-order valence-electron chi connectivity index (χ1n) is 14.3. The predicted molar refractivity (Wildman–Crippen MR) is 178 cm³/mol. The number of phenolic OH excluding ortho intramolecular Hbond substituents is 2. The lowest BCUT2D eigenvalue weighted by Gasteiger charge is -2.13. The molecule has 0 saturated heterocycles. The number of aromatic hydroxyl groups is 2. The molecule has 0 spiro atoms. The summed E-state index contributed by atoms with van der Waals surface area (Å²) in [5.41, 5.74) is 1.16. The van der Waals surface area contributed by atoms with E-state index in [4.69, 9.17) is 14.2 Å². The SMILES string of the molecule is CCNc1ccc2c(O)c(/N=N/c3cc(OC)c(S(=O)(=O)CC)cc3O)ccc2c1/N=N/c1cc(OC)c(S(=O)(=O)CC)cc1OC. The normalized spacial score (nSPS) is 12.2. The molecular weight excluding hydrogens is 651 g/mol. The van der Waals surface area contributed by atoms with Crippen molar-refractivity contribution in [1.29, 1.82) is 0 Å². The van der Waals surface area contributed by atoms with Crippen LogP contribution in [0.3, 0.4) is 0 Å². The standard InChI is InChI=1S/C31H35N5O9S2/c1-7-32-20-12-11-19-18(30(20)36-35-23-15-27(45-6)29(17-25(23)43-4)47(41,42)9-3)10-13-21(31(19)38)33-34-22-14-26(44-5)28(16-24(22)37)46(39,40)8-2/h10-17,32,37-38H,7-9H2,1-6H3/b34-33+,36-35+. The summed E-state index contributed by atoms with van der Waals surface area (Å²) in [6.07, 6.45) is 0. The molecule has 4 aromatic carbocycles. The van der Waals surface area contributed by atoms with Crippen LogP contribution < -0.4 is 19.5 Å². The van der Waals surface area contributed by atoms with E-state index in [0.29, 0.717) is 28.7 Å². The number of hydrogen-bond acceptors (Lipinski definition) is 14. The van der Waals surface area contributed by atoms with Crippen molar-refractivity contribution in [3.8, 4) is 28.7 Å². The lowest BCUT2D eigenvalue weighted by Crippen LogP contribution is -2.06. The van der Waals surface area contributed by atoms with E-state index >= 15 is 0 Å². The molecule has 14 nitrogen and oxygen atoms in total. The van der Waals surface area contributed by atoms with Crippen molar-refractivity contribution in [2.75, 3.05) is 44.7 Å². The molecule has 0 fully saturated rings. The fourth-order valence-corrected chi connectivity index (χ4v) is 6.70. The van der Waals surface area contributed by atoms with E-state index in [0.717, 1.165) is 6.07 Å². The number of fused-ring (bicyclic) bond motifs is 1. The lowest BCUT2D eigenvalue weighted by molar-refractivity contribution is 0.393. The van der Waals surface area contributed by atoms with Crippen LogP contribution in [-0.2, 0) is 19.7 Å². The second-order valence-electron chi connectivity index (χ2n) is 9.89. The number of methoxy groups -OCH3 is 3. The summed E-state index contributed by atoms with van der Waals surface area (Å²) in [5, 5.41) is 42.7. The minimum atomic E-state index is -3.69. The highest BCUT2D eigenvalue weighted by molar-refractivity contribution is 7.91. The molecule has 4 aromatic rings. The molecule has 0 aromatic heterocycles. The molecular formula is C31H35N5O9S2. The third-order valence-electron chi connectivity index (χ3n) is 7.17. The molecule has 4 rings (SSSR count). The van der Waals surface area contributed by atoms with Crippen LogP contribution in [0.25, 0.3) is 10.8 Å². The highest BCUT2D eigenvalue weighted by Gasteiger charge is 2.23. The maximum atomic E-state index is 12.6. The Morgan fingerprint density at radius 3 is 1.74 bits per heavy atom. The molecule has 0 aliphatic rings. The number of nitrogens with zero attached hydrogens (tertiary/aromatic N) is 4. The number of nitrogens with one attached hydrogen (secondary N) is 1. The molecule has 3 N–H and O–H groups in total. The van der Waals surface area contributed by atoms with Gasteiger partial charge >= 0.3 is 0 Å². The number of hydrogen-bond donors (Lipinski definition) is 3. The number of anilines is 1. The zero-order valence-electron chi connectivity index (χ0n) is 26.6. The molecule has 0 aliphatic heterocycles. The highest BCUT2D eigenvalue weighted by atomic mass is 32.2. The van der Waals surface area contributed by atoms with Crippen molar-refractivity contribution in [3.05, 3.63) is 48.5 Å². The largest absolute Gasteiger partial charge is 0.506 e.